The molecule has 87 heavy (non-hydrogen) atoms. The van der Waals surface area contributed by atoms with Crippen LogP contribution in [0.3, 0.4) is 0 Å². The van der Waals surface area contributed by atoms with Crippen molar-refractivity contribution in [2.75, 3.05) is 0 Å². The minimum atomic E-state index is -0.0352. The Balaban J connectivity index is 0.845. The van der Waals surface area contributed by atoms with E-state index in [-0.39, 0.29) is 6.04 Å². The van der Waals surface area contributed by atoms with Gasteiger partial charge in [0, 0.05) is 91.6 Å². The predicted octanol–water partition coefficient (Wildman–Crippen LogP) is 20.7. The van der Waals surface area contributed by atoms with Crippen LogP contribution in [0.2, 0.25) is 0 Å². The molecule has 0 fully saturated rings. The third kappa shape index (κ3) is 8.50. The summed E-state index contributed by atoms with van der Waals surface area (Å²) in [6.45, 7) is 0. The van der Waals surface area contributed by atoms with Crippen molar-refractivity contribution in [3.05, 3.63) is 297 Å². The second-order valence-electron chi connectivity index (χ2n) is 22.4. The molecule has 0 N–H and O–H groups in total. The number of rotatable bonds is 10. The Hall–Kier alpha value is -11.5. The zero-order valence-electron chi connectivity index (χ0n) is 47.2. The average molecular weight is 1110 g/mol. The predicted molar refractivity (Wildman–Crippen MR) is 359 cm³/mol. The van der Waals surface area contributed by atoms with Gasteiger partial charge >= 0.3 is 0 Å². The summed E-state index contributed by atoms with van der Waals surface area (Å²) in [5, 5.41) is 6.69. The molecule has 1 aliphatic rings. The quantitative estimate of drug-likeness (QED) is 0.128. The van der Waals surface area contributed by atoms with Crippen LogP contribution in [0, 0.1) is 0 Å². The Morgan fingerprint density at radius 1 is 0.322 bits per heavy atom. The molecule has 0 saturated heterocycles. The van der Waals surface area contributed by atoms with E-state index >= 15 is 0 Å². The molecule has 0 aliphatic carbocycles. The number of hydrogen-bond donors (Lipinski definition) is 0. The van der Waals surface area contributed by atoms with Gasteiger partial charge in [-0.05, 0) is 171 Å². The van der Waals surface area contributed by atoms with Gasteiger partial charge in [-0.1, -0.05) is 152 Å². The fraction of sp³-hybridized carbons (Fsp3) is 0.0250. The lowest BCUT2D eigenvalue weighted by molar-refractivity contribution is 0.669. The topological polar surface area (TPSA) is 74.0 Å². The van der Waals surface area contributed by atoms with Crippen LogP contribution in [0.5, 0.6) is 0 Å². The van der Waals surface area contributed by atoms with E-state index in [9.17, 15) is 0 Å². The highest BCUT2D eigenvalue weighted by molar-refractivity contribution is 6.15. The van der Waals surface area contributed by atoms with Crippen molar-refractivity contribution in [2.24, 2.45) is 4.99 Å². The van der Waals surface area contributed by atoms with Gasteiger partial charge in [-0.2, -0.15) is 0 Å². The maximum Gasteiger partial charge on any atom is 0.135 e. The molecule has 0 bridgehead atoms. The fourth-order valence-corrected chi connectivity index (χ4v) is 13.4. The summed E-state index contributed by atoms with van der Waals surface area (Å²) in [5.41, 5.74) is 24.5. The Labute approximate surface area is 501 Å². The molecule has 0 radical (unpaired) electrons. The monoisotopic (exact) mass is 1110 g/mol. The van der Waals surface area contributed by atoms with Crippen molar-refractivity contribution >= 4 is 71.8 Å². The molecule has 17 rings (SSSR count). The van der Waals surface area contributed by atoms with Gasteiger partial charge in [0.25, 0.3) is 0 Å². The van der Waals surface area contributed by atoms with Crippen molar-refractivity contribution in [3.63, 3.8) is 0 Å². The summed E-state index contributed by atoms with van der Waals surface area (Å²) < 4.78 is 11.6. The molecule has 7 heteroatoms. The fourth-order valence-electron chi connectivity index (χ4n) is 13.4. The molecule has 10 aromatic carbocycles. The molecular weight excluding hydrogens is 1060 g/mol. The van der Waals surface area contributed by atoms with Crippen LogP contribution < -0.4 is 0 Å². The first-order chi connectivity index (χ1) is 43.1. The normalized spacial score (nSPS) is 13.3. The molecule has 0 amide bonds. The highest BCUT2D eigenvalue weighted by atomic mass is 16.3. The van der Waals surface area contributed by atoms with Gasteiger partial charge in [0.2, 0.25) is 0 Å². The highest BCUT2D eigenvalue weighted by Gasteiger charge is 2.22. The van der Waals surface area contributed by atoms with Crippen molar-refractivity contribution in [1.82, 2.24) is 24.1 Å². The smallest absolute Gasteiger partial charge is 0.135 e. The number of nitrogens with zero attached hydrogens (tertiary/aromatic N) is 6. The van der Waals surface area contributed by atoms with Gasteiger partial charge < -0.3 is 13.6 Å². The standard InChI is InChI=1S/C80H52N6O/c1-5-21-61(71-25-9-13-41-81-71)57(17-1)51-29-35-75-65(45-51)66-46-52(58-18-2-6-22-62(58)72-26-10-14-42-82-72)30-36-76(66)85(75)55-33-39-79-69(49-55)70-50-56(34-40-80(70)87-79)86-77-37-31-53(59-19-3-7-23-63(59)73-27-11-15-43-83-73)47-67(77)68-48-54(32-38-78(68)86)60-20-4-8-24-64(60)74-28-12-16-44-84-74/h1-15,17-50,74H,16H2. The van der Waals surface area contributed by atoms with Crippen LogP contribution in [0.1, 0.15) is 18.0 Å². The summed E-state index contributed by atoms with van der Waals surface area (Å²) in [6, 6.07) is 93.7. The minimum Gasteiger partial charge on any atom is -0.456 e. The summed E-state index contributed by atoms with van der Waals surface area (Å²) in [5.74, 6) is 0. The number of furan rings is 1. The third-order valence-corrected chi connectivity index (χ3v) is 17.4. The van der Waals surface area contributed by atoms with Gasteiger partial charge in [-0.3, -0.25) is 19.9 Å². The van der Waals surface area contributed by atoms with Gasteiger partial charge in [-0.25, -0.2) is 0 Å². The van der Waals surface area contributed by atoms with Crippen molar-refractivity contribution in [1.29, 1.82) is 0 Å². The molecule has 0 saturated carbocycles. The van der Waals surface area contributed by atoms with Crippen LogP contribution >= 0.6 is 0 Å². The molecule has 1 unspecified atom stereocenters. The molecule has 408 valence electrons. The Bertz CT molecular complexity index is 5290. The second kappa shape index (κ2) is 20.7. The van der Waals surface area contributed by atoms with Gasteiger partial charge in [0.05, 0.1) is 45.2 Å². The number of allylic oxidation sites excluding steroid dienone is 1. The maximum absolute atomic E-state index is 6.76. The number of aromatic nitrogens is 5. The molecule has 1 aliphatic heterocycles. The maximum atomic E-state index is 6.76. The summed E-state index contributed by atoms with van der Waals surface area (Å²) in [6.07, 6.45) is 12.9. The van der Waals surface area contributed by atoms with E-state index < -0.39 is 0 Å². The number of hydrogen-bond acceptors (Lipinski definition) is 5. The van der Waals surface area contributed by atoms with Gasteiger partial charge in [0.15, 0.2) is 0 Å². The third-order valence-electron chi connectivity index (χ3n) is 17.4. The van der Waals surface area contributed by atoms with E-state index in [4.69, 9.17) is 24.4 Å². The van der Waals surface area contributed by atoms with E-state index in [0.29, 0.717) is 0 Å². The zero-order valence-corrected chi connectivity index (χ0v) is 47.2. The zero-order chi connectivity index (χ0) is 57.4. The number of benzene rings is 10. The Morgan fingerprint density at radius 2 is 0.690 bits per heavy atom. The highest BCUT2D eigenvalue weighted by Crippen LogP contribution is 2.45. The van der Waals surface area contributed by atoms with Crippen LogP contribution in [-0.4, -0.2) is 30.3 Å². The first kappa shape index (κ1) is 50.0. The first-order valence-electron chi connectivity index (χ1n) is 29.6. The lowest BCUT2D eigenvalue weighted by atomic mass is 9.92. The largest absolute Gasteiger partial charge is 0.456 e. The van der Waals surface area contributed by atoms with Crippen molar-refractivity contribution < 1.29 is 4.42 Å². The number of dihydropyridines is 1. The molecule has 6 aromatic heterocycles. The van der Waals surface area contributed by atoms with E-state index in [1.54, 1.807) is 0 Å². The minimum absolute atomic E-state index is 0.0352. The molecular formula is C80H52N6O. The van der Waals surface area contributed by atoms with E-state index in [1.165, 1.54) is 11.1 Å². The molecule has 0 spiro atoms. The second-order valence-corrected chi connectivity index (χ2v) is 22.4. The number of pyridine rings is 3. The van der Waals surface area contributed by atoms with Crippen LogP contribution in [0.15, 0.2) is 301 Å². The lowest BCUT2D eigenvalue weighted by Crippen LogP contribution is -1.99. The Morgan fingerprint density at radius 3 is 1.07 bits per heavy atom. The molecule has 7 nitrogen and oxygen atoms in total. The molecule has 7 heterocycles. The van der Waals surface area contributed by atoms with Crippen molar-refractivity contribution in [3.8, 4) is 89.7 Å². The van der Waals surface area contributed by atoms with Gasteiger partial charge in [-0.15, -0.1) is 0 Å². The van der Waals surface area contributed by atoms with Crippen LogP contribution in [0.4, 0.5) is 0 Å². The SMILES string of the molecule is C1=CC(c2ccccc2-c2ccc3c(c2)c2cc(-c4ccccc4-c4ccccn4)ccc2n3-c2ccc3oc4ccc(-n5c6ccc(-c7ccccc7-c7ccccn7)cc6c6cc(-c7ccccc7-c7ccccn7)ccc65)cc4c3c2)N=CC1. The van der Waals surface area contributed by atoms with Crippen molar-refractivity contribution in [2.45, 2.75) is 12.5 Å². The summed E-state index contributed by atoms with van der Waals surface area (Å²) in [7, 11) is 0. The average Bonchev–Trinajstić information content (AvgIpc) is 1.70. The summed E-state index contributed by atoms with van der Waals surface area (Å²) >= 11 is 0. The van der Waals surface area contributed by atoms with Crippen LogP contribution in [0.25, 0.3) is 155 Å². The van der Waals surface area contributed by atoms with E-state index in [1.807, 2.05) is 43.0 Å². The number of aliphatic imine (C=N–C) groups is 1. The molecule has 16 aromatic rings. The van der Waals surface area contributed by atoms with Gasteiger partial charge in [0.1, 0.15) is 11.2 Å². The summed E-state index contributed by atoms with van der Waals surface area (Å²) in [4.78, 5) is 19.3. The first-order valence-corrected chi connectivity index (χ1v) is 29.6. The van der Waals surface area contributed by atoms with E-state index in [0.717, 1.165) is 156 Å². The van der Waals surface area contributed by atoms with E-state index in [2.05, 4.69) is 264 Å². The Kier molecular flexibility index (Phi) is 11.9. The lowest BCUT2D eigenvalue weighted by Gasteiger charge is -2.16. The molecule has 1 atom stereocenters. The van der Waals surface area contributed by atoms with Crippen LogP contribution in [-0.2, 0) is 0 Å². The number of fused-ring (bicyclic) bond motifs is 9.